The summed E-state index contributed by atoms with van der Waals surface area (Å²) in [5, 5.41) is 12.1. The molecule has 0 radical (unpaired) electrons. The number of fused-ring (bicyclic) bond motifs is 2. The van der Waals surface area contributed by atoms with Crippen LogP contribution in [0.4, 0.5) is 0 Å². The van der Waals surface area contributed by atoms with Crippen molar-refractivity contribution in [3.05, 3.63) is 112 Å². The number of rotatable bonds is 8. The lowest BCUT2D eigenvalue weighted by atomic mass is 10.2. The largest absolute Gasteiger partial charge is 0.497 e. The van der Waals surface area contributed by atoms with Gasteiger partial charge in [0.1, 0.15) is 21.8 Å². The van der Waals surface area contributed by atoms with Gasteiger partial charge in [-0.05, 0) is 72.2 Å². The van der Waals surface area contributed by atoms with Crippen LogP contribution in [-0.2, 0) is 19.5 Å². The van der Waals surface area contributed by atoms with Crippen molar-refractivity contribution < 1.29 is 9.47 Å². The van der Waals surface area contributed by atoms with E-state index >= 15 is 0 Å². The molecule has 0 unspecified atom stereocenters. The fourth-order valence-corrected chi connectivity index (χ4v) is 4.87. The molecule has 214 valence electrons. The molecule has 8 nitrogen and oxygen atoms in total. The molecular weight excluding hydrogens is 571 g/mol. The minimum absolute atomic E-state index is 0.453. The Balaban J connectivity index is 0.000000168. The number of aromatic nitrogens is 6. The first-order chi connectivity index (χ1) is 20.4. The van der Waals surface area contributed by atoms with Crippen LogP contribution in [0.25, 0.3) is 28.1 Å². The predicted octanol–water partition coefficient (Wildman–Crippen LogP) is 7.49. The van der Waals surface area contributed by atoms with Crippen LogP contribution in [0.1, 0.15) is 29.4 Å². The van der Waals surface area contributed by atoms with Gasteiger partial charge in [0, 0.05) is 10.8 Å². The maximum Gasteiger partial charge on any atom is 0.160 e. The van der Waals surface area contributed by atoms with Crippen molar-refractivity contribution >= 4 is 51.3 Å². The number of halogens is 2. The van der Waals surface area contributed by atoms with E-state index in [1.54, 1.807) is 26.4 Å². The molecule has 0 atom stereocenters. The van der Waals surface area contributed by atoms with Gasteiger partial charge < -0.3 is 9.47 Å². The van der Waals surface area contributed by atoms with Gasteiger partial charge in [-0.15, -0.1) is 0 Å². The summed E-state index contributed by atoms with van der Waals surface area (Å²) >= 11 is 12.0. The predicted molar refractivity (Wildman–Crippen MR) is 169 cm³/mol. The average molecular weight is 602 g/mol. The number of hydrogen-bond acceptors (Lipinski definition) is 6. The van der Waals surface area contributed by atoms with E-state index in [1.807, 2.05) is 76.1 Å². The van der Waals surface area contributed by atoms with Crippen molar-refractivity contribution in [2.24, 2.45) is 0 Å². The zero-order valence-electron chi connectivity index (χ0n) is 23.6. The average Bonchev–Trinajstić information content (AvgIpc) is 3.54. The van der Waals surface area contributed by atoms with Crippen LogP contribution in [0.15, 0.2) is 79.4 Å². The first kappa shape index (κ1) is 29.1. The molecule has 0 N–H and O–H groups in total. The van der Waals surface area contributed by atoms with E-state index in [1.165, 1.54) is 0 Å². The smallest absolute Gasteiger partial charge is 0.160 e. The van der Waals surface area contributed by atoms with Crippen LogP contribution in [0.5, 0.6) is 11.5 Å². The minimum Gasteiger partial charge on any atom is -0.497 e. The van der Waals surface area contributed by atoms with Gasteiger partial charge in [-0.1, -0.05) is 61.0 Å². The summed E-state index contributed by atoms with van der Waals surface area (Å²) in [7, 11) is 3.31. The van der Waals surface area contributed by atoms with Crippen LogP contribution in [0.2, 0.25) is 10.3 Å². The molecule has 0 aliphatic carbocycles. The normalized spacial score (nSPS) is 10.9. The highest BCUT2D eigenvalue weighted by Crippen LogP contribution is 2.23. The lowest BCUT2D eigenvalue weighted by Gasteiger charge is -2.05. The standard InChI is InChI=1S/C16H16ClN3O.C16H14ClN3O/c2*1-3-14-13-8-9-15(17)18-16(13)20(19-14)10-11-4-6-12(21-2)7-5-11/h4-9H,3,10H2,1-2H3;3-9H,1,10H2,2H3. The Morgan fingerprint density at radius 1 is 0.690 bits per heavy atom. The fourth-order valence-electron chi connectivity index (χ4n) is 4.59. The van der Waals surface area contributed by atoms with Crippen molar-refractivity contribution in [1.82, 2.24) is 29.5 Å². The molecule has 4 aromatic heterocycles. The Kier molecular flexibility index (Phi) is 9.05. The van der Waals surface area contributed by atoms with Gasteiger partial charge >= 0.3 is 0 Å². The third kappa shape index (κ3) is 6.40. The van der Waals surface area contributed by atoms with Crippen molar-refractivity contribution in [2.75, 3.05) is 14.2 Å². The fraction of sp³-hybridized carbons (Fsp3) is 0.188. The Morgan fingerprint density at radius 3 is 1.64 bits per heavy atom. The molecule has 0 amide bonds. The summed E-state index contributed by atoms with van der Waals surface area (Å²) in [4.78, 5) is 8.78. The van der Waals surface area contributed by atoms with E-state index in [0.717, 1.165) is 62.5 Å². The van der Waals surface area contributed by atoms with Crippen LogP contribution in [0.3, 0.4) is 0 Å². The van der Waals surface area contributed by atoms with Gasteiger partial charge in [-0.25, -0.2) is 19.3 Å². The molecule has 2 aromatic carbocycles. The van der Waals surface area contributed by atoms with Gasteiger partial charge in [0.2, 0.25) is 0 Å². The number of benzene rings is 2. The second-order valence-electron chi connectivity index (χ2n) is 9.41. The van der Waals surface area contributed by atoms with Gasteiger partial charge in [0.15, 0.2) is 11.3 Å². The molecule has 0 fully saturated rings. The summed E-state index contributed by atoms with van der Waals surface area (Å²) in [6.45, 7) is 7.16. The molecule has 10 heteroatoms. The van der Waals surface area contributed by atoms with Gasteiger partial charge in [0.25, 0.3) is 0 Å². The summed E-state index contributed by atoms with van der Waals surface area (Å²) in [6.07, 6.45) is 2.60. The van der Waals surface area contributed by atoms with Gasteiger partial charge in [0.05, 0.1) is 38.7 Å². The first-order valence-corrected chi connectivity index (χ1v) is 14.1. The molecule has 4 heterocycles. The van der Waals surface area contributed by atoms with Crippen molar-refractivity contribution in [3.63, 3.8) is 0 Å². The highest BCUT2D eigenvalue weighted by molar-refractivity contribution is 6.30. The third-order valence-corrected chi connectivity index (χ3v) is 7.16. The Labute approximate surface area is 254 Å². The Hall–Kier alpha value is -4.40. The quantitative estimate of drug-likeness (QED) is 0.168. The molecule has 6 rings (SSSR count). The molecular formula is C32H30Cl2N6O2. The number of nitrogens with zero attached hydrogens (tertiary/aromatic N) is 6. The first-order valence-electron chi connectivity index (χ1n) is 13.4. The van der Waals surface area contributed by atoms with E-state index in [-0.39, 0.29) is 0 Å². The topological polar surface area (TPSA) is 79.9 Å². The molecule has 0 spiro atoms. The number of methoxy groups -OCH3 is 2. The summed E-state index contributed by atoms with van der Waals surface area (Å²) in [5.41, 5.74) is 5.69. The van der Waals surface area contributed by atoms with Crippen LogP contribution in [0, 0.1) is 0 Å². The lowest BCUT2D eigenvalue weighted by molar-refractivity contribution is 0.414. The highest BCUT2D eigenvalue weighted by Gasteiger charge is 2.12. The minimum atomic E-state index is 0.453. The lowest BCUT2D eigenvalue weighted by Crippen LogP contribution is -2.03. The number of hydrogen-bond donors (Lipinski definition) is 0. The van der Waals surface area contributed by atoms with Crippen LogP contribution in [-0.4, -0.2) is 43.7 Å². The molecule has 0 saturated carbocycles. The van der Waals surface area contributed by atoms with E-state index in [9.17, 15) is 0 Å². The molecule has 0 saturated heterocycles. The van der Waals surface area contributed by atoms with Gasteiger partial charge in [-0.2, -0.15) is 10.2 Å². The molecule has 0 bridgehead atoms. The Bertz CT molecular complexity index is 1830. The molecule has 0 aliphatic rings. The SMILES string of the molecule is C=Cc1nn(Cc2ccc(OC)cc2)c2nc(Cl)ccc12.CCc1nn(Cc2ccc(OC)cc2)c2nc(Cl)ccc12. The van der Waals surface area contributed by atoms with E-state index in [2.05, 4.69) is 33.7 Å². The molecule has 42 heavy (non-hydrogen) atoms. The zero-order chi connectivity index (χ0) is 29.6. The van der Waals surface area contributed by atoms with Crippen molar-refractivity contribution in [3.8, 4) is 11.5 Å². The van der Waals surface area contributed by atoms with E-state index < -0.39 is 0 Å². The summed E-state index contributed by atoms with van der Waals surface area (Å²) in [6, 6.07) is 23.3. The van der Waals surface area contributed by atoms with Crippen LogP contribution < -0.4 is 9.47 Å². The molecule has 0 aliphatic heterocycles. The summed E-state index contributed by atoms with van der Waals surface area (Å²) in [5.74, 6) is 1.68. The monoisotopic (exact) mass is 600 g/mol. The van der Waals surface area contributed by atoms with E-state index in [0.29, 0.717) is 23.4 Å². The third-order valence-electron chi connectivity index (χ3n) is 6.74. The second-order valence-corrected chi connectivity index (χ2v) is 10.2. The number of aryl methyl sites for hydroxylation is 1. The molecule has 6 aromatic rings. The maximum atomic E-state index is 6.02. The maximum absolute atomic E-state index is 6.02. The number of ether oxygens (including phenoxy) is 2. The van der Waals surface area contributed by atoms with Crippen LogP contribution >= 0.6 is 23.2 Å². The second kappa shape index (κ2) is 13.1. The highest BCUT2D eigenvalue weighted by atomic mass is 35.5. The van der Waals surface area contributed by atoms with E-state index in [4.69, 9.17) is 32.7 Å². The Morgan fingerprint density at radius 2 is 1.17 bits per heavy atom. The summed E-state index contributed by atoms with van der Waals surface area (Å²) < 4.78 is 14.1. The van der Waals surface area contributed by atoms with Crippen molar-refractivity contribution in [1.29, 1.82) is 0 Å². The zero-order valence-corrected chi connectivity index (χ0v) is 25.1. The van der Waals surface area contributed by atoms with Gasteiger partial charge in [-0.3, -0.25) is 0 Å². The van der Waals surface area contributed by atoms with Crippen molar-refractivity contribution in [2.45, 2.75) is 26.4 Å². The number of pyridine rings is 2.